The van der Waals surface area contributed by atoms with E-state index in [0.29, 0.717) is 47.6 Å². The molecule has 0 radical (unpaired) electrons. The first-order valence-electron chi connectivity index (χ1n) is 10.6. The fourth-order valence-electron chi connectivity index (χ4n) is 3.87. The van der Waals surface area contributed by atoms with Crippen molar-refractivity contribution in [2.75, 3.05) is 23.3 Å². The maximum Gasteiger partial charge on any atom is 0.224 e. The summed E-state index contributed by atoms with van der Waals surface area (Å²) in [6.07, 6.45) is 2.14. The van der Waals surface area contributed by atoms with Gasteiger partial charge in [-0.3, -0.25) is 4.79 Å². The minimum atomic E-state index is -0.374. The van der Waals surface area contributed by atoms with Gasteiger partial charge >= 0.3 is 0 Å². The van der Waals surface area contributed by atoms with Gasteiger partial charge in [-0.15, -0.1) is 0 Å². The van der Waals surface area contributed by atoms with Gasteiger partial charge in [0.25, 0.3) is 0 Å². The van der Waals surface area contributed by atoms with Crippen LogP contribution < -0.4 is 10.2 Å². The molecule has 4 rings (SSSR count). The van der Waals surface area contributed by atoms with Crippen LogP contribution in [0.15, 0.2) is 53.1 Å². The highest BCUT2D eigenvalue weighted by Crippen LogP contribution is 2.29. The van der Waals surface area contributed by atoms with Crippen LogP contribution in [0.25, 0.3) is 11.3 Å². The number of carbonyl (C=O) groups is 1. The van der Waals surface area contributed by atoms with Crippen molar-refractivity contribution in [1.82, 2.24) is 4.98 Å². The SMILES string of the molecule is CC1CN(c2ccc(NC(=O)CCc3ncc(-c4ccccc4Cl)o3)cc2F)CC(C)O1. The van der Waals surface area contributed by atoms with Crippen LogP contribution in [0, 0.1) is 5.82 Å². The van der Waals surface area contributed by atoms with Crippen molar-refractivity contribution >= 4 is 28.9 Å². The lowest BCUT2D eigenvalue weighted by atomic mass is 10.1. The lowest BCUT2D eigenvalue weighted by Gasteiger charge is -2.37. The summed E-state index contributed by atoms with van der Waals surface area (Å²) in [6.45, 7) is 5.19. The van der Waals surface area contributed by atoms with E-state index in [4.69, 9.17) is 20.8 Å². The van der Waals surface area contributed by atoms with Crippen LogP contribution in [0.5, 0.6) is 0 Å². The molecule has 1 aliphatic rings. The number of oxazole rings is 1. The number of nitrogens with zero attached hydrogens (tertiary/aromatic N) is 2. The molecule has 1 amide bonds. The molecule has 6 nitrogen and oxygen atoms in total. The normalized spacial score (nSPS) is 18.6. The number of aryl methyl sites for hydroxylation is 1. The first-order chi connectivity index (χ1) is 15.4. The number of anilines is 2. The number of aromatic nitrogens is 1. The van der Waals surface area contributed by atoms with Gasteiger partial charge < -0.3 is 19.4 Å². The van der Waals surface area contributed by atoms with Gasteiger partial charge in [0.1, 0.15) is 5.82 Å². The molecular formula is C24H25ClFN3O3. The quantitative estimate of drug-likeness (QED) is 0.542. The van der Waals surface area contributed by atoms with E-state index < -0.39 is 0 Å². The monoisotopic (exact) mass is 457 g/mol. The van der Waals surface area contributed by atoms with Gasteiger partial charge in [-0.2, -0.15) is 0 Å². The van der Waals surface area contributed by atoms with E-state index in [1.807, 2.05) is 36.9 Å². The Morgan fingerprint density at radius 1 is 1.22 bits per heavy atom. The third-order valence-electron chi connectivity index (χ3n) is 5.25. The maximum absolute atomic E-state index is 14.7. The molecular weight excluding hydrogens is 433 g/mol. The summed E-state index contributed by atoms with van der Waals surface area (Å²) < 4.78 is 26.1. The molecule has 0 spiro atoms. The van der Waals surface area contributed by atoms with Gasteiger partial charge in [-0.1, -0.05) is 23.7 Å². The summed E-state index contributed by atoms with van der Waals surface area (Å²) in [5, 5.41) is 3.30. The Morgan fingerprint density at radius 2 is 1.97 bits per heavy atom. The van der Waals surface area contributed by atoms with Gasteiger partial charge in [-0.25, -0.2) is 9.37 Å². The summed E-state index contributed by atoms with van der Waals surface area (Å²) >= 11 is 6.18. The Labute approximate surface area is 191 Å². The van der Waals surface area contributed by atoms with Crippen molar-refractivity contribution in [2.45, 2.75) is 38.9 Å². The summed E-state index contributed by atoms with van der Waals surface area (Å²) in [5.74, 6) is 0.368. The number of nitrogens with one attached hydrogen (secondary N) is 1. The van der Waals surface area contributed by atoms with Crippen LogP contribution in [0.3, 0.4) is 0 Å². The molecule has 1 N–H and O–H groups in total. The largest absolute Gasteiger partial charge is 0.441 e. The van der Waals surface area contributed by atoms with E-state index in [1.165, 1.54) is 6.07 Å². The summed E-state index contributed by atoms with van der Waals surface area (Å²) in [4.78, 5) is 18.5. The molecule has 1 fully saturated rings. The predicted octanol–water partition coefficient (Wildman–Crippen LogP) is 5.32. The highest BCUT2D eigenvalue weighted by Gasteiger charge is 2.24. The Morgan fingerprint density at radius 3 is 2.69 bits per heavy atom. The molecule has 32 heavy (non-hydrogen) atoms. The number of benzene rings is 2. The van der Waals surface area contributed by atoms with Gasteiger partial charge in [-0.05, 0) is 44.2 Å². The second kappa shape index (κ2) is 9.71. The Balaban J connectivity index is 1.34. The van der Waals surface area contributed by atoms with Gasteiger partial charge in [0.15, 0.2) is 11.7 Å². The Kier molecular flexibility index (Phi) is 6.77. The second-order valence-corrected chi connectivity index (χ2v) is 8.38. The summed E-state index contributed by atoms with van der Waals surface area (Å²) in [7, 11) is 0. The first-order valence-corrected chi connectivity index (χ1v) is 11.0. The number of hydrogen-bond acceptors (Lipinski definition) is 5. The molecule has 3 aromatic rings. The zero-order chi connectivity index (χ0) is 22.7. The number of carbonyl (C=O) groups excluding carboxylic acids is 1. The van der Waals surface area contributed by atoms with Crippen molar-refractivity contribution in [3.05, 3.63) is 65.4 Å². The fourth-order valence-corrected chi connectivity index (χ4v) is 4.10. The molecule has 2 heterocycles. The molecule has 2 aromatic carbocycles. The van der Waals surface area contributed by atoms with Crippen molar-refractivity contribution < 1.29 is 18.3 Å². The Hall–Kier alpha value is -2.90. The number of hydrogen-bond donors (Lipinski definition) is 1. The van der Waals surface area contributed by atoms with E-state index in [9.17, 15) is 9.18 Å². The van der Waals surface area contributed by atoms with Crippen LogP contribution in [0.4, 0.5) is 15.8 Å². The molecule has 0 bridgehead atoms. The van der Waals surface area contributed by atoms with Crippen LogP contribution >= 0.6 is 11.6 Å². The smallest absolute Gasteiger partial charge is 0.224 e. The number of amides is 1. The number of halogens is 2. The molecule has 168 valence electrons. The minimum absolute atomic E-state index is 0.0335. The van der Waals surface area contributed by atoms with Crippen molar-refractivity contribution in [2.24, 2.45) is 0 Å². The number of morpholine rings is 1. The third kappa shape index (κ3) is 5.29. The standard InChI is InChI=1S/C24H25ClFN3O3/c1-15-13-29(14-16(2)31-15)21-8-7-17(11-20(21)26)28-23(30)9-10-24-27-12-22(32-24)18-5-3-4-6-19(18)25/h3-8,11-12,15-16H,9-10,13-14H2,1-2H3,(H,28,30). The summed E-state index contributed by atoms with van der Waals surface area (Å²) in [6, 6.07) is 12.1. The molecule has 8 heteroatoms. The van der Waals surface area contributed by atoms with Gasteiger partial charge in [0.05, 0.1) is 29.1 Å². The lowest BCUT2D eigenvalue weighted by Crippen LogP contribution is -2.45. The average molecular weight is 458 g/mol. The van der Waals surface area contributed by atoms with Crippen LogP contribution in [-0.4, -0.2) is 36.2 Å². The van der Waals surface area contributed by atoms with Crippen molar-refractivity contribution in [3.63, 3.8) is 0 Å². The van der Waals surface area contributed by atoms with Gasteiger partial charge in [0.2, 0.25) is 5.91 Å². The van der Waals surface area contributed by atoms with Crippen LogP contribution in [0.2, 0.25) is 5.02 Å². The highest BCUT2D eigenvalue weighted by atomic mass is 35.5. The molecule has 0 aliphatic carbocycles. The van der Waals surface area contributed by atoms with Crippen molar-refractivity contribution in [3.8, 4) is 11.3 Å². The van der Waals surface area contributed by atoms with Crippen molar-refractivity contribution in [1.29, 1.82) is 0 Å². The first kappa shape index (κ1) is 22.3. The minimum Gasteiger partial charge on any atom is -0.441 e. The van der Waals surface area contributed by atoms with E-state index in [1.54, 1.807) is 24.4 Å². The number of ether oxygens (including phenoxy) is 1. The fraction of sp³-hybridized carbons (Fsp3) is 0.333. The van der Waals surface area contributed by atoms with E-state index >= 15 is 0 Å². The average Bonchev–Trinajstić information content (AvgIpc) is 3.21. The van der Waals surface area contributed by atoms with Crippen LogP contribution in [0.1, 0.15) is 26.2 Å². The van der Waals surface area contributed by atoms with E-state index in [0.717, 1.165) is 5.56 Å². The molecule has 1 saturated heterocycles. The molecule has 1 aliphatic heterocycles. The zero-order valence-corrected chi connectivity index (χ0v) is 18.7. The highest BCUT2D eigenvalue weighted by molar-refractivity contribution is 6.33. The third-order valence-corrected chi connectivity index (χ3v) is 5.58. The zero-order valence-electron chi connectivity index (χ0n) is 18.0. The Bertz CT molecular complexity index is 1090. The molecule has 0 saturated carbocycles. The van der Waals surface area contributed by atoms with E-state index in [2.05, 4.69) is 10.3 Å². The molecule has 1 aromatic heterocycles. The number of rotatable bonds is 6. The lowest BCUT2D eigenvalue weighted by molar-refractivity contribution is -0.116. The maximum atomic E-state index is 14.7. The topological polar surface area (TPSA) is 67.6 Å². The summed E-state index contributed by atoms with van der Waals surface area (Å²) in [5.41, 5.74) is 1.67. The van der Waals surface area contributed by atoms with Gasteiger partial charge in [0, 0.05) is 37.2 Å². The molecule has 2 atom stereocenters. The predicted molar refractivity (Wildman–Crippen MR) is 123 cm³/mol. The second-order valence-electron chi connectivity index (χ2n) is 7.97. The molecule has 2 unspecified atom stereocenters. The van der Waals surface area contributed by atoms with Crippen LogP contribution in [-0.2, 0) is 16.0 Å². The van der Waals surface area contributed by atoms with E-state index in [-0.39, 0.29) is 30.4 Å².